The second kappa shape index (κ2) is 3.59. The molecular weight excluding hydrogens is 242 g/mol. The van der Waals surface area contributed by atoms with Gasteiger partial charge in [-0.3, -0.25) is 0 Å². The third kappa shape index (κ3) is 1.29. The summed E-state index contributed by atoms with van der Waals surface area (Å²) >= 11 is 0. The summed E-state index contributed by atoms with van der Waals surface area (Å²) in [5.41, 5.74) is 2.08. The van der Waals surface area contributed by atoms with Gasteiger partial charge in [0.05, 0.1) is 12.5 Å². The Morgan fingerprint density at radius 1 is 1.21 bits per heavy atom. The predicted molar refractivity (Wildman–Crippen MR) is 69.6 cm³/mol. The Balaban J connectivity index is 2.16. The number of benzene rings is 1. The second-order valence-corrected chi connectivity index (χ2v) is 5.01. The van der Waals surface area contributed by atoms with Gasteiger partial charge in [0.1, 0.15) is 16.7 Å². The highest BCUT2D eigenvalue weighted by Crippen LogP contribution is 2.50. The van der Waals surface area contributed by atoms with E-state index in [4.69, 9.17) is 8.83 Å². The van der Waals surface area contributed by atoms with Crippen LogP contribution in [-0.2, 0) is 10.3 Å². The van der Waals surface area contributed by atoms with Crippen LogP contribution in [0.1, 0.15) is 24.8 Å². The van der Waals surface area contributed by atoms with Crippen LogP contribution < -0.4 is 0 Å². The predicted octanol–water partition coefficient (Wildman–Crippen LogP) is 3.89. The fraction of sp³-hybridized carbons (Fsp3) is 0.267. The Kier molecular flexibility index (Phi) is 2.00. The monoisotopic (exact) mass is 253 g/mol. The number of hydrogen-bond donors (Lipinski definition) is 0. The molecule has 1 fully saturated rings. The molecule has 4 heteroatoms. The van der Waals surface area contributed by atoms with Gasteiger partial charge < -0.3 is 8.83 Å². The summed E-state index contributed by atoms with van der Waals surface area (Å²) in [6.07, 6.45) is 7.80. The number of furan rings is 2. The molecule has 2 heterocycles. The molecule has 4 nitrogen and oxygen atoms in total. The van der Waals surface area contributed by atoms with E-state index in [1.165, 1.54) is 0 Å². The van der Waals surface area contributed by atoms with Crippen LogP contribution in [0.2, 0.25) is 0 Å². The molecular formula is C15H11NO3. The number of aliphatic imine (C=N–C) groups is 1. The summed E-state index contributed by atoms with van der Waals surface area (Å²) in [6.45, 7) is 0. The molecule has 0 aliphatic heterocycles. The van der Waals surface area contributed by atoms with Crippen molar-refractivity contribution >= 4 is 28.0 Å². The van der Waals surface area contributed by atoms with Gasteiger partial charge in [-0.2, -0.15) is 4.99 Å². The SMILES string of the molecule is O=C=NC1(c2c3ccoc3cc3ccoc23)CCC1. The molecule has 0 unspecified atom stereocenters. The number of nitrogens with zero attached hydrogens (tertiary/aromatic N) is 1. The molecule has 1 aromatic carbocycles. The van der Waals surface area contributed by atoms with Crippen molar-refractivity contribution < 1.29 is 13.6 Å². The number of rotatable bonds is 2. The normalized spacial score (nSPS) is 17.3. The topological polar surface area (TPSA) is 55.7 Å². The first kappa shape index (κ1) is 10.6. The number of fused-ring (bicyclic) bond motifs is 2. The molecule has 3 aromatic rings. The molecule has 0 saturated heterocycles. The minimum absolute atomic E-state index is 0.485. The van der Waals surface area contributed by atoms with Crippen molar-refractivity contribution in [2.45, 2.75) is 24.8 Å². The Morgan fingerprint density at radius 3 is 2.79 bits per heavy atom. The van der Waals surface area contributed by atoms with Gasteiger partial charge >= 0.3 is 0 Å². The van der Waals surface area contributed by atoms with Crippen molar-refractivity contribution in [3.63, 3.8) is 0 Å². The summed E-state index contributed by atoms with van der Waals surface area (Å²) in [7, 11) is 0. The summed E-state index contributed by atoms with van der Waals surface area (Å²) in [5, 5.41) is 1.95. The van der Waals surface area contributed by atoms with Crippen LogP contribution in [0.15, 0.2) is 44.6 Å². The lowest BCUT2D eigenvalue weighted by Crippen LogP contribution is -2.32. The fourth-order valence-electron chi connectivity index (χ4n) is 3.02. The van der Waals surface area contributed by atoms with E-state index in [2.05, 4.69) is 4.99 Å². The van der Waals surface area contributed by atoms with E-state index in [0.29, 0.717) is 0 Å². The molecule has 0 amide bonds. The maximum Gasteiger partial charge on any atom is 0.235 e. The zero-order valence-corrected chi connectivity index (χ0v) is 10.2. The van der Waals surface area contributed by atoms with Gasteiger partial charge in [-0.15, -0.1) is 0 Å². The highest BCUT2D eigenvalue weighted by Gasteiger charge is 2.42. The third-order valence-corrected chi connectivity index (χ3v) is 4.08. The molecule has 19 heavy (non-hydrogen) atoms. The van der Waals surface area contributed by atoms with Crippen molar-refractivity contribution in [1.82, 2.24) is 0 Å². The molecule has 0 N–H and O–H groups in total. The summed E-state index contributed by atoms with van der Waals surface area (Å²) in [6, 6.07) is 5.76. The van der Waals surface area contributed by atoms with E-state index in [-0.39, 0.29) is 0 Å². The second-order valence-electron chi connectivity index (χ2n) is 5.01. The molecule has 1 saturated carbocycles. The van der Waals surface area contributed by atoms with Crippen molar-refractivity contribution in [2.24, 2.45) is 4.99 Å². The van der Waals surface area contributed by atoms with Crippen molar-refractivity contribution in [3.05, 3.63) is 36.3 Å². The average Bonchev–Trinajstić information content (AvgIpc) is 2.98. The van der Waals surface area contributed by atoms with Gasteiger partial charge in [-0.25, -0.2) is 4.79 Å². The van der Waals surface area contributed by atoms with E-state index in [9.17, 15) is 4.79 Å². The van der Waals surface area contributed by atoms with E-state index in [0.717, 1.165) is 46.8 Å². The largest absolute Gasteiger partial charge is 0.464 e. The first-order valence-electron chi connectivity index (χ1n) is 6.31. The van der Waals surface area contributed by atoms with Crippen LogP contribution in [0.3, 0.4) is 0 Å². The van der Waals surface area contributed by atoms with Crippen LogP contribution in [-0.4, -0.2) is 6.08 Å². The van der Waals surface area contributed by atoms with Crippen molar-refractivity contribution in [2.75, 3.05) is 0 Å². The van der Waals surface area contributed by atoms with Crippen molar-refractivity contribution in [1.29, 1.82) is 0 Å². The first-order valence-corrected chi connectivity index (χ1v) is 6.31. The minimum atomic E-state index is -0.485. The standard InChI is InChI=1S/C15H11NO3/c17-9-16-15(4-1-5-15)13-11-3-7-18-12(11)8-10-2-6-19-14(10)13/h2-3,6-8H,1,4-5H2. The highest BCUT2D eigenvalue weighted by atomic mass is 16.3. The highest BCUT2D eigenvalue weighted by molar-refractivity contribution is 5.98. The first-order chi connectivity index (χ1) is 9.34. The zero-order valence-electron chi connectivity index (χ0n) is 10.2. The van der Waals surface area contributed by atoms with Gasteiger partial charge in [-0.1, -0.05) is 0 Å². The van der Waals surface area contributed by atoms with Gasteiger partial charge in [0.25, 0.3) is 0 Å². The van der Waals surface area contributed by atoms with E-state index in [1.807, 2.05) is 18.2 Å². The lowest BCUT2D eigenvalue weighted by molar-refractivity contribution is 0.258. The Hall–Kier alpha value is -2.32. The van der Waals surface area contributed by atoms with Crippen LogP contribution in [0.25, 0.3) is 21.9 Å². The number of hydrogen-bond acceptors (Lipinski definition) is 4. The Morgan fingerprint density at radius 2 is 2.05 bits per heavy atom. The molecule has 2 aromatic heterocycles. The lowest BCUT2D eigenvalue weighted by Gasteiger charge is -2.37. The summed E-state index contributed by atoms with van der Waals surface area (Å²) in [5.74, 6) is 0. The molecule has 0 spiro atoms. The zero-order chi connectivity index (χ0) is 12.9. The van der Waals surface area contributed by atoms with E-state index >= 15 is 0 Å². The number of carbonyl (C=O) groups excluding carboxylic acids is 1. The quantitative estimate of drug-likeness (QED) is 0.514. The van der Waals surface area contributed by atoms with Crippen molar-refractivity contribution in [3.8, 4) is 0 Å². The Labute approximate surface area is 108 Å². The molecule has 4 rings (SSSR count). The van der Waals surface area contributed by atoms with Crippen LogP contribution in [0.5, 0.6) is 0 Å². The maximum atomic E-state index is 10.8. The third-order valence-electron chi connectivity index (χ3n) is 4.08. The van der Waals surface area contributed by atoms with E-state index < -0.39 is 5.54 Å². The summed E-state index contributed by atoms with van der Waals surface area (Å²) < 4.78 is 11.1. The van der Waals surface area contributed by atoms with Crippen LogP contribution >= 0.6 is 0 Å². The molecule has 0 bridgehead atoms. The van der Waals surface area contributed by atoms with Crippen LogP contribution in [0, 0.1) is 0 Å². The molecule has 0 atom stereocenters. The molecule has 0 radical (unpaired) electrons. The minimum Gasteiger partial charge on any atom is -0.464 e. The van der Waals surface area contributed by atoms with Gasteiger partial charge in [0.2, 0.25) is 6.08 Å². The number of isocyanates is 1. The smallest absolute Gasteiger partial charge is 0.235 e. The fourth-order valence-corrected chi connectivity index (χ4v) is 3.02. The molecule has 1 aliphatic carbocycles. The lowest BCUT2D eigenvalue weighted by atomic mass is 9.71. The molecule has 1 aliphatic rings. The molecule has 94 valence electrons. The van der Waals surface area contributed by atoms with Gasteiger partial charge in [-0.05, 0) is 37.5 Å². The van der Waals surface area contributed by atoms with Gasteiger partial charge in [0, 0.05) is 16.3 Å². The average molecular weight is 253 g/mol. The van der Waals surface area contributed by atoms with Crippen LogP contribution in [0.4, 0.5) is 0 Å². The summed E-state index contributed by atoms with van der Waals surface area (Å²) in [4.78, 5) is 14.9. The van der Waals surface area contributed by atoms with E-state index in [1.54, 1.807) is 18.6 Å². The van der Waals surface area contributed by atoms with Gasteiger partial charge in [0.15, 0.2) is 0 Å². The maximum absolute atomic E-state index is 10.8. The Bertz CT molecular complexity index is 768.